The molecule has 174 valence electrons. The Bertz CT molecular complexity index is 1010. The van der Waals surface area contributed by atoms with Crippen LogP contribution < -0.4 is 19.7 Å². The number of nitrogens with zero attached hydrogens (tertiary/aromatic N) is 2. The summed E-state index contributed by atoms with van der Waals surface area (Å²) in [6.07, 6.45) is 6.41. The van der Waals surface area contributed by atoms with Crippen LogP contribution in [0.4, 0.5) is 5.69 Å². The highest BCUT2D eigenvalue weighted by Gasteiger charge is 2.26. The Kier molecular flexibility index (Phi) is 6.70. The third-order valence-corrected chi connectivity index (χ3v) is 7.38. The van der Waals surface area contributed by atoms with Gasteiger partial charge in [0.1, 0.15) is 19.3 Å². The summed E-state index contributed by atoms with van der Waals surface area (Å²) in [5, 5.41) is 24.0. The lowest BCUT2D eigenvalue weighted by atomic mass is 9.86. The minimum Gasteiger partial charge on any atom is -0.486 e. The maximum atomic E-state index is 10.2. The van der Waals surface area contributed by atoms with Crippen molar-refractivity contribution in [2.24, 2.45) is 5.92 Å². The zero-order valence-corrected chi connectivity index (χ0v) is 19.1. The predicted molar refractivity (Wildman–Crippen MR) is 129 cm³/mol. The number of aliphatic hydroxyl groups is 1. The van der Waals surface area contributed by atoms with E-state index in [0.717, 1.165) is 80.1 Å². The van der Waals surface area contributed by atoms with Crippen LogP contribution >= 0.6 is 0 Å². The smallest absolute Gasteiger partial charge is 0.161 e. The summed E-state index contributed by atoms with van der Waals surface area (Å²) in [6, 6.07) is 15.0. The fourth-order valence-corrected chi connectivity index (χ4v) is 5.44. The van der Waals surface area contributed by atoms with E-state index in [-0.39, 0.29) is 6.10 Å². The van der Waals surface area contributed by atoms with Gasteiger partial charge < -0.3 is 24.8 Å². The van der Waals surface area contributed by atoms with E-state index in [1.807, 2.05) is 30.3 Å². The molecule has 2 aliphatic heterocycles. The number of nitrogens with one attached hydrogen (secondary N) is 1. The molecule has 0 spiro atoms. The molecule has 2 atom stereocenters. The summed E-state index contributed by atoms with van der Waals surface area (Å²) < 4.78 is 11.4. The standard InChI is InChI=1S/C27H33N3O3/c28-17-23-22(19-8-9-26-27(16-19)33-15-14-32-26)5-3-6-24(23)30-12-10-21(11-13-30)29-18-20-4-1-2-7-25(20)31/h3,5-6,8-9,16,20-21,25,29,31H,1-2,4,7,10-15,18H2/t20-,25-/m0/s1. The highest BCUT2D eigenvalue weighted by Crippen LogP contribution is 2.38. The SMILES string of the molecule is N#Cc1c(-c2ccc3c(c2)OCCO3)cccc1N1CCC(NC[C@@H]2CCCC[C@@H]2O)CC1. The molecule has 0 aromatic heterocycles. The molecule has 0 radical (unpaired) electrons. The molecule has 0 bridgehead atoms. The molecule has 6 heteroatoms. The second-order valence-electron chi connectivity index (χ2n) is 9.45. The first-order valence-corrected chi connectivity index (χ1v) is 12.3. The van der Waals surface area contributed by atoms with Gasteiger partial charge in [-0.05, 0) is 55.4 Å². The van der Waals surface area contributed by atoms with Crippen LogP contribution in [0.5, 0.6) is 11.5 Å². The van der Waals surface area contributed by atoms with E-state index in [0.29, 0.717) is 30.7 Å². The minimum atomic E-state index is -0.146. The van der Waals surface area contributed by atoms with Crippen molar-refractivity contribution in [1.82, 2.24) is 5.32 Å². The van der Waals surface area contributed by atoms with Gasteiger partial charge in [-0.2, -0.15) is 5.26 Å². The molecule has 3 aliphatic rings. The Morgan fingerprint density at radius 1 is 1.00 bits per heavy atom. The zero-order chi connectivity index (χ0) is 22.6. The molecular weight excluding hydrogens is 414 g/mol. The second kappa shape index (κ2) is 10.0. The normalized spacial score (nSPS) is 23.2. The number of hydrogen-bond donors (Lipinski definition) is 2. The first-order chi connectivity index (χ1) is 16.2. The lowest BCUT2D eigenvalue weighted by Gasteiger charge is -2.36. The van der Waals surface area contributed by atoms with Gasteiger partial charge in [-0.3, -0.25) is 0 Å². The molecule has 0 amide bonds. The van der Waals surface area contributed by atoms with Crippen molar-refractivity contribution >= 4 is 5.69 Å². The minimum absolute atomic E-state index is 0.146. The van der Waals surface area contributed by atoms with E-state index in [2.05, 4.69) is 22.4 Å². The quantitative estimate of drug-likeness (QED) is 0.718. The van der Waals surface area contributed by atoms with E-state index in [1.54, 1.807) is 0 Å². The largest absolute Gasteiger partial charge is 0.486 e. The van der Waals surface area contributed by atoms with Crippen molar-refractivity contribution in [3.63, 3.8) is 0 Å². The van der Waals surface area contributed by atoms with Crippen LogP contribution in [-0.2, 0) is 0 Å². The van der Waals surface area contributed by atoms with Crippen molar-refractivity contribution in [3.05, 3.63) is 42.0 Å². The van der Waals surface area contributed by atoms with Crippen molar-refractivity contribution in [3.8, 4) is 28.7 Å². The maximum absolute atomic E-state index is 10.2. The van der Waals surface area contributed by atoms with Gasteiger partial charge in [-0.25, -0.2) is 0 Å². The Morgan fingerprint density at radius 2 is 1.79 bits per heavy atom. The van der Waals surface area contributed by atoms with Crippen molar-refractivity contribution in [2.45, 2.75) is 50.7 Å². The van der Waals surface area contributed by atoms with E-state index < -0.39 is 0 Å². The number of rotatable bonds is 5. The molecule has 2 fully saturated rings. The average Bonchev–Trinajstić information content (AvgIpc) is 2.88. The molecule has 2 N–H and O–H groups in total. The number of nitriles is 1. The maximum Gasteiger partial charge on any atom is 0.161 e. The van der Waals surface area contributed by atoms with E-state index in [1.165, 1.54) is 6.42 Å². The van der Waals surface area contributed by atoms with E-state index in [9.17, 15) is 10.4 Å². The first kappa shape index (κ1) is 22.1. The van der Waals surface area contributed by atoms with Crippen LogP contribution in [0.3, 0.4) is 0 Å². The van der Waals surface area contributed by atoms with Gasteiger partial charge >= 0.3 is 0 Å². The van der Waals surface area contributed by atoms with Crippen molar-refractivity contribution < 1.29 is 14.6 Å². The summed E-state index contributed by atoms with van der Waals surface area (Å²) in [5.41, 5.74) is 3.62. The third-order valence-electron chi connectivity index (χ3n) is 7.38. The van der Waals surface area contributed by atoms with Crippen LogP contribution in [-0.4, -0.2) is 50.1 Å². The van der Waals surface area contributed by atoms with Crippen LogP contribution in [0, 0.1) is 17.2 Å². The van der Waals surface area contributed by atoms with Gasteiger partial charge in [-0.1, -0.05) is 31.0 Å². The topological polar surface area (TPSA) is 77.8 Å². The molecule has 0 unspecified atom stereocenters. The fraction of sp³-hybridized carbons (Fsp3) is 0.519. The molecule has 2 heterocycles. The first-order valence-electron chi connectivity index (χ1n) is 12.3. The van der Waals surface area contributed by atoms with Crippen molar-refractivity contribution in [2.75, 3.05) is 37.7 Å². The lowest BCUT2D eigenvalue weighted by Crippen LogP contribution is -2.45. The third kappa shape index (κ3) is 4.80. The van der Waals surface area contributed by atoms with Crippen molar-refractivity contribution in [1.29, 1.82) is 5.26 Å². The van der Waals surface area contributed by atoms with Crippen LogP contribution in [0.25, 0.3) is 11.1 Å². The summed E-state index contributed by atoms with van der Waals surface area (Å²) in [5.74, 6) is 1.89. The van der Waals surface area contributed by atoms with Crippen LogP contribution in [0.15, 0.2) is 36.4 Å². The Balaban J connectivity index is 1.26. The predicted octanol–water partition coefficient (Wildman–Crippen LogP) is 4.11. The molecule has 1 aliphatic carbocycles. The monoisotopic (exact) mass is 447 g/mol. The van der Waals surface area contributed by atoms with Gasteiger partial charge in [0.25, 0.3) is 0 Å². The number of hydrogen-bond acceptors (Lipinski definition) is 6. The lowest BCUT2D eigenvalue weighted by molar-refractivity contribution is 0.0676. The summed E-state index contributed by atoms with van der Waals surface area (Å²) in [7, 11) is 0. The molecule has 6 nitrogen and oxygen atoms in total. The summed E-state index contributed by atoms with van der Waals surface area (Å²) in [4.78, 5) is 2.34. The van der Waals surface area contributed by atoms with Gasteiger partial charge in [0.15, 0.2) is 11.5 Å². The molecule has 33 heavy (non-hydrogen) atoms. The van der Waals surface area contributed by atoms with Crippen LogP contribution in [0.1, 0.15) is 44.1 Å². The highest BCUT2D eigenvalue weighted by atomic mass is 16.6. The molecule has 2 aromatic carbocycles. The molecule has 1 saturated heterocycles. The Labute approximate surface area is 196 Å². The zero-order valence-electron chi connectivity index (χ0n) is 19.1. The number of fused-ring (bicyclic) bond motifs is 1. The fourth-order valence-electron chi connectivity index (χ4n) is 5.44. The van der Waals surface area contributed by atoms with Crippen LogP contribution in [0.2, 0.25) is 0 Å². The van der Waals surface area contributed by atoms with Gasteiger partial charge in [0.2, 0.25) is 0 Å². The summed E-state index contributed by atoms with van der Waals surface area (Å²) >= 11 is 0. The van der Waals surface area contributed by atoms with E-state index in [4.69, 9.17) is 9.47 Å². The number of benzene rings is 2. The number of anilines is 1. The Hall–Kier alpha value is -2.75. The highest BCUT2D eigenvalue weighted by molar-refractivity contribution is 5.79. The summed E-state index contributed by atoms with van der Waals surface area (Å²) in [6.45, 7) is 3.87. The number of piperidine rings is 1. The number of ether oxygens (including phenoxy) is 2. The second-order valence-corrected chi connectivity index (χ2v) is 9.45. The van der Waals surface area contributed by atoms with Gasteiger partial charge in [0, 0.05) is 31.2 Å². The van der Waals surface area contributed by atoms with Gasteiger partial charge in [-0.15, -0.1) is 0 Å². The van der Waals surface area contributed by atoms with Gasteiger partial charge in [0.05, 0.1) is 17.4 Å². The molecular formula is C27H33N3O3. The molecule has 5 rings (SSSR count). The number of aliphatic hydroxyl groups excluding tert-OH is 1. The molecule has 1 saturated carbocycles. The Morgan fingerprint density at radius 3 is 2.58 bits per heavy atom. The molecule has 2 aromatic rings. The van der Waals surface area contributed by atoms with E-state index >= 15 is 0 Å². The average molecular weight is 448 g/mol.